The van der Waals surface area contributed by atoms with Gasteiger partial charge >= 0.3 is 5.97 Å². The monoisotopic (exact) mass is 617 g/mol. The fourth-order valence-corrected chi connectivity index (χ4v) is 5.54. The molecule has 0 fully saturated rings. The topological polar surface area (TPSA) is 84.9 Å². The number of nitrogens with one attached hydrogen (secondary N) is 1. The van der Waals surface area contributed by atoms with E-state index in [1.165, 1.54) is 18.4 Å². The minimum absolute atomic E-state index is 0.0257. The second kappa shape index (κ2) is 9.51. The van der Waals surface area contributed by atoms with Gasteiger partial charge in [0.2, 0.25) is 0 Å². The molecule has 30 heavy (non-hydrogen) atoms. The van der Waals surface area contributed by atoms with Crippen LogP contribution in [0.1, 0.15) is 20.7 Å². The van der Waals surface area contributed by atoms with Crippen molar-refractivity contribution in [3.05, 3.63) is 60.3 Å². The van der Waals surface area contributed by atoms with Gasteiger partial charge in [-0.1, -0.05) is 0 Å². The predicted octanol–water partition coefficient (Wildman–Crippen LogP) is 6.67. The Labute approximate surface area is 201 Å². The molecule has 0 unspecified atom stereocenters. The molecule has 0 spiro atoms. The largest absolute Gasteiger partial charge is 0.497 e. The van der Waals surface area contributed by atoms with Crippen molar-refractivity contribution in [2.45, 2.75) is 0 Å². The maximum absolute atomic E-state index is 12.9. The van der Waals surface area contributed by atoms with Crippen LogP contribution in [-0.4, -0.2) is 31.2 Å². The van der Waals surface area contributed by atoms with Gasteiger partial charge in [-0.25, -0.2) is 4.79 Å². The van der Waals surface area contributed by atoms with E-state index in [2.05, 4.69) is 53.1 Å². The molecule has 1 aromatic heterocycles. The molecule has 2 N–H and O–H groups in total. The summed E-state index contributed by atoms with van der Waals surface area (Å²) < 4.78 is 12.2. The Hall–Kier alpha value is -1.88. The number of methoxy groups -OCH3 is 2. The van der Waals surface area contributed by atoms with E-state index in [0.29, 0.717) is 35.4 Å². The number of carboxylic acid groups (broad SMARTS) is 1. The van der Waals surface area contributed by atoms with Gasteiger partial charge in [-0.15, -0.1) is 11.3 Å². The first-order valence-electron chi connectivity index (χ1n) is 8.30. The van der Waals surface area contributed by atoms with Crippen LogP contribution in [-0.2, 0) is 0 Å². The Morgan fingerprint density at radius 1 is 1.03 bits per heavy atom. The highest BCUT2D eigenvalue weighted by atomic mass is 79.9. The van der Waals surface area contributed by atoms with Gasteiger partial charge in [0.15, 0.2) is 0 Å². The molecule has 10 heteroatoms. The summed E-state index contributed by atoms with van der Waals surface area (Å²) in [5.41, 5.74) is 1.24. The van der Waals surface area contributed by atoms with Gasteiger partial charge < -0.3 is 19.9 Å². The second-order valence-electron chi connectivity index (χ2n) is 5.91. The normalized spacial score (nSPS) is 10.6. The number of carboxylic acids is 1. The number of amides is 1. The Morgan fingerprint density at radius 2 is 1.70 bits per heavy atom. The molecule has 0 aliphatic carbocycles. The van der Waals surface area contributed by atoms with E-state index in [4.69, 9.17) is 9.47 Å². The van der Waals surface area contributed by atoms with Gasteiger partial charge in [0.25, 0.3) is 5.91 Å². The molecule has 0 radical (unpaired) electrons. The lowest BCUT2D eigenvalue weighted by Crippen LogP contribution is -2.15. The van der Waals surface area contributed by atoms with Gasteiger partial charge in [-0.3, -0.25) is 4.79 Å². The molecule has 1 heterocycles. The van der Waals surface area contributed by atoms with Crippen molar-refractivity contribution < 1.29 is 24.2 Å². The fourth-order valence-electron chi connectivity index (χ4n) is 2.73. The summed E-state index contributed by atoms with van der Waals surface area (Å²) >= 11 is 11.4. The van der Waals surface area contributed by atoms with Crippen LogP contribution < -0.4 is 14.8 Å². The standard InChI is InChI=1S/C20H14Br3NO5S/c1-28-10-5-3-9(4-6-10)18-14(20(26)27)13(8-30-18)24-19(25)11-7-12(21)16(23)17(29-2)15(11)22/h3-8H,1-2H3,(H,24,25)(H,26,27). The molecule has 0 atom stereocenters. The van der Waals surface area contributed by atoms with Crippen LogP contribution in [0.15, 0.2) is 49.1 Å². The predicted molar refractivity (Wildman–Crippen MR) is 127 cm³/mol. The van der Waals surface area contributed by atoms with E-state index in [9.17, 15) is 14.7 Å². The van der Waals surface area contributed by atoms with E-state index >= 15 is 0 Å². The van der Waals surface area contributed by atoms with Gasteiger partial charge in [0.1, 0.15) is 17.1 Å². The zero-order chi connectivity index (χ0) is 22.0. The fraction of sp³-hybridized carbons (Fsp3) is 0.100. The highest BCUT2D eigenvalue weighted by molar-refractivity contribution is 9.13. The van der Waals surface area contributed by atoms with Gasteiger partial charge in [-0.2, -0.15) is 0 Å². The number of carbonyl (C=O) groups excluding carboxylic acids is 1. The maximum atomic E-state index is 12.9. The van der Waals surface area contributed by atoms with Crippen LogP contribution in [0.5, 0.6) is 11.5 Å². The number of halogens is 3. The van der Waals surface area contributed by atoms with E-state index in [-0.39, 0.29) is 16.8 Å². The average Bonchev–Trinajstić information content (AvgIpc) is 3.15. The van der Waals surface area contributed by atoms with Gasteiger partial charge in [-0.05, 0) is 83.7 Å². The lowest BCUT2D eigenvalue weighted by atomic mass is 10.1. The highest BCUT2D eigenvalue weighted by Gasteiger charge is 2.24. The molecule has 1 amide bonds. The van der Waals surface area contributed by atoms with Crippen LogP contribution in [0.25, 0.3) is 10.4 Å². The second-order valence-corrected chi connectivity index (χ2v) is 9.23. The molecular formula is C20H14Br3NO5S. The number of ether oxygens (including phenoxy) is 2. The molecule has 3 rings (SSSR count). The summed E-state index contributed by atoms with van der Waals surface area (Å²) in [4.78, 5) is 25.4. The van der Waals surface area contributed by atoms with Gasteiger partial charge in [0.05, 0.1) is 39.3 Å². The van der Waals surface area contributed by atoms with Crippen molar-refractivity contribution >= 4 is 76.7 Å². The molecule has 3 aromatic rings. The number of hydrogen-bond acceptors (Lipinski definition) is 5. The average molecular weight is 620 g/mol. The lowest BCUT2D eigenvalue weighted by molar-refractivity contribution is 0.0699. The third kappa shape index (κ3) is 4.41. The number of rotatable bonds is 6. The number of carbonyl (C=O) groups is 2. The number of thiophene rings is 1. The Balaban J connectivity index is 2.00. The first kappa shape index (κ1) is 22.8. The maximum Gasteiger partial charge on any atom is 0.339 e. The first-order valence-corrected chi connectivity index (χ1v) is 11.6. The number of benzene rings is 2. The Bertz CT molecular complexity index is 1130. The van der Waals surface area contributed by atoms with Crippen LogP contribution in [0.3, 0.4) is 0 Å². The minimum atomic E-state index is -1.13. The van der Waals surface area contributed by atoms with E-state index < -0.39 is 11.9 Å². The summed E-state index contributed by atoms with van der Waals surface area (Å²) in [6.07, 6.45) is 0. The minimum Gasteiger partial charge on any atom is -0.497 e. The number of aromatic carboxylic acids is 1. The summed E-state index contributed by atoms with van der Waals surface area (Å²) in [5, 5.41) is 14.1. The summed E-state index contributed by atoms with van der Waals surface area (Å²) in [6, 6.07) is 8.67. The quantitative estimate of drug-likeness (QED) is 0.301. The molecule has 0 saturated heterocycles. The van der Waals surface area contributed by atoms with E-state index in [0.717, 1.165) is 0 Å². The lowest BCUT2D eigenvalue weighted by Gasteiger charge is -2.13. The van der Waals surface area contributed by atoms with E-state index in [1.54, 1.807) is 42.8 Å². The van der Waals surface area contributed by atoms with Crippen LogP contribution in [0, 0.1) is 0 Å². The van der Waals surface area contributed by atoms with Crippen LogP contribution in [0.4, 0.5) is 5.69 Å². The van der Waals surface area contributed by atoms with Crippen molar-refractivity contribution in [2.24, 2.45) is 0 Å². The van der Waals surface area contributed by atoms with Crippen LogP contribution >= 0.6 is 59.1 Å². The number of anilines is 1. The summed E-state index contributed by atoms with van der Waals surface area (Å²) in [6.45, 7) is 0. The van der Waals surface area contributed by atoms with Crippen molar-refractivity contribution in [1.29, 1.82) is 0 Å². The molecule has 156 valence electrons. The Morgan fingerprint density at radius 3 is 2.27 bits per heavy atom. The molecular weight excluding hydrogens is 606 g/mol. The third-order valence-electron chi connectivity index (χ3n) is 4.17. The molecule has 0 aliphatic rings. The molecule has 0 aliphatic heterocycles. The summed E-state index contributed by atoms with van der Waals surface area (Å²) in [5.74, 6) is -0.501. The third-order valence-corrected chi connectivity index (χ3v) is 7.93. The molecule has 6 nitrogen and oxygen atoms in total. The molecule has 0 bridgehead atoms. The zero-order valence-electron chi connectivity index (χ0n) is 15.6. The van der Waals surface area contributed by atoms with Crippen molar-refractivity contribution in [2.75, 3.05) is 19.5 Å². The van der Waals surface area contributed by atoms with Crippen LogP contribution in [0.2, 0.25) is 0 Å². The van der Waals surface area contributed by atoms with E-state index in [1.807, 2.05) is 0 Å². The molecule has 0 saturated carbocycles. The first-order chi connectivity index (χ1) is 14.3. The number of hydrogen-bond donors (Lipinski definition) is 2. The Kier molecular flexibility index (Phi) is 7.22. The smallest absolute Gasteiger partial charge is 0.339 e. The van der Waals surface area contributed by atoms with Gasteiger partial charge in [0, 0.05) is 9.85 Å². The van der Waals surface area contributed by atoms with Crippen molar-refractivity contribution in [1.82, 2.24) is 0 Å². The molecule has 2 aromatic carbocycles. The highest BCUT2D eigenvalue weighted by Crippen LogP contribution is 2.42. The zero-order valence-corrected chi connectivity index (χ0v) is 21.2. The van der Waals surface area contributed by atoms with Crippen molar-refractivity contribution in [3.63, 3.8) is 0 Å². The van der Waals surface area contributed by atoms with Crippen molar-refractivity contribution in [3.8, 4) is 21.9 Å². The SMILES string of the molecule is COc1ccc(-c2scc(NC(=O)c3cc(Br)c(Br)c(OC)c3Br)c2C(=O)O)cc1. The summed E-state index contributed by atoms with van der Waals surface area (Å²) in [7, 11) is 3.05.